The van der Waals surface area contributed by atoms with Crippen LogP contribution in [0.2, 0.25) is 0 Å². The van der Waals surface area contributed by atoms with Crippen LogP contribution in [0.25, 0.3) is 0 Å². The van der Waals surface area contributed by atoms with Gasteiger partial charge >= 0.3 is 12.1 Å². The van der Waals surface area contributed by atoms with E-state index < -0.39 is 18.2 Å². The van der Waals surface area contributed by atoms with Crippen LogP contribution in [-0.2, 0) is 16.0 Å². The quantitative estimate of drug-likeness (QED) is 0.899. The summed E-state index contributed by atoms with van der Waals surface area (Å²) < 4.78 is 5.16. The summed E-state index contributed by atoms with van der Waals surface area (Å²) in [5.41, 5.74) is 0.830. The van der Waals surface area contributed by atoms with Crippen molar-refractivity contribution in [3.63, 3.8) is 0 Å². The van der Waals surface area contributed by atoms with Crippen molar-refractivity contribution in [1.29, 1.82) is 0 Å². The van der Waals surface area contributed by atoms with Crippen molar-refractivity contribution in [3.8, 4) is 0 Å². The third-order valence-electron chi connectivity index (χ3n) is 3.54. The number of likely N-dealkylation sites (N-methyl/N-ethyl adjacent to an activating group) is 1. The lowest BCUT2D eigenvalue weighted by Gasteiger charge is -2.32. The van der Waals surface area contributed by atoms with Crippen LogP contribution in [0.4, 0.5) is 4.79 Å². The molecule has 1 aliphatic heterocycles. The Morgan fingerprint density at radius 2 is 1.81 bits per heavy atom. The molecule has 0 unspecified atom stereocenters. The molecule has 1 aromatic rings. The molecule has 114 valence electrons. The highest BCUT2D eigenvalue weighted by Gasteiger charge is 2.27. The second-order valence-corrected chi connectivity index (χ2v) is 5.19. The predicted molar refractivity (Wildman–Crippen MR) is 77.1 cm³/mol. The maximum atomic E-state index is 12.0. The normalized spacial score (nSPS) is 17.3. The van der Waals surface area contributed by atoms with Crippen molar-refractivity contribution in [2.45, 2.75) is 12.5 Å². The van der Waals surface area contributed by atoms with E-state index in [1.165, 1.54) is 0 Å². The maximum absolute atomic E-state index is 12.0. The van der Waals surface area contributed by atoms with E-state index in [-0.39, 0.29) is 6.42 Å². The Labute approximate surface area is 123 Å². The highest BCUT2D eigenvalue weighted by molar-refractivity contribution is 5.77. The average molecular weight is 292 g/mol. The van der Waals surface area contributed by atoms with Gasteiger partial charge in [0.05, 0.1) is 0 Å². The number of carbonyl (C=O) groups excluding carboxylic acids is 1. The molecule has 1 heterocycles. The van der Waals surface area contributed by atoms with Crippen LogP contribution in [0.15, 0.2) is 30.3 Å². The Morgan fingerprint density at radius 1 is 1.19 bits per heavy atom. The molecule has 2 rings (SSSR count). The second-order valence-electron chi connectivity index (χ2n) is 5.19. The number of amides is 1. The van der Waals surface area contributed by atoms with Gasteiger partial charge in [0.1, 0.15) is 0 Å². The highest BCUT2D eigenvalue weighted by atomic mass is 16.6. The molecule has 1 atom stereocenters. The Morgan fingerprint density at radius 3 is 2.38 bits per heavy atom. The number of carboxylic acids is 1. The second kappa shape index (κ2) is 7.08. The van der Waals surface area contributed by atoms with E-state index >= 15 is 0 Å². The number of benzene rings is 1. The number of carboxylic acid groups (broad SMARTS) is 1. The van der Waals surface area contributed by atoms with Crippen LogP contribution in [0.3, 0.4) is 0 Å². The number of hydrogen-bond donors (Lipinski definition) is 1. The zero-order chi connectivity index (χ0) is 15.2. The predicted octanol–water partition coefficient (Wildman–Crippen LogP) is 1.07. The van der Waals surface area contributed by atoms with Crippen molar-refractivity contribution in [2.75, 3.05) is 33.2 Å². The van der Waals surface area contributed by atoms with Gasteiger partial charge in [-0.1, -0.05) is 30.3 Å². The number of rotatable bonds is 4. The van der Waals surface area contributed by atoms with Gasteiger partial charge in [-0.3, -0.25) is 0 Å². The minimum Gasteiger partial charge on any atom is -0.478 e. The molecule has 0 bridgehead atoms. The molecular weight excluding hydrogens is 272 g/mol. The van der Waals surface area contributed by atoms with Gasteiger partial charge in [0, 0.05) is 32.6 Å². The standard InChI is InChI=1S/C15H20N2O4/c1-16-7-9-17(10-8-16)15(20)21-13(14(18)19)11-12-5-3-2-4-6-12/h2-6,13H,7-11H2,1H3,(H,18,19)/t13-/m0/s1. The average Bonchev–Trinajstić information content (AvgIpc) is 2.48. The molecule has 0 aromatic heterocycles. The molecule has 21 heavy (non-hydrogen) atoms. The zero-order valence-corrected chi connectivity index (χ0v) is 12.1. The monoisotopic (exact) mass is 292 g/mol. The summed E-state index contributed by atoms with van der Waals surface area (Å²) in [7, 11) is 1.98. The fourth-order valence-corrected chi connectivity index (χ4v) is 2.19. The molecule has 1 fully saturated rings. The lowest BCUT2D eigenvalue weighted by molar-refractivity contribution is -0.147. The van der Waals surface area contributed by atoms with Crippen LogP contribution >= 0.6 is 0 Å². The van der Waals surface area contributed by atoms with Gasteiger partial charge in [-0.05, 0) is 12.6 Å². The lowest BCUT2D eigenvalue weighted by Crippen LogP contribution is -2.48. The fraction of sp³-hybridized carbons (Fsp3) is 0.467. The fourth-order valence-electron chi connectivity index (χ4n) is 2.19. The third-order valence-corrected chi connectivity index (χ3v) is 3.54. The van der Waals surface area contributed by atoms with E-state index in [0.717, 1.165) is 18.7 Å². The summed E-state index contributed by atoms with van der Waals surface area (Å²) >= 11 is 0. The van der Waals surface area contributed by atoms with Gasteiger partial charge in [-0.25, -0.2) is 9.59 Å². The minimum atomic E-state index is -1.15. The van der Waals surface area contributed by atoms with Gasteiger partial charge in [0.15, 0.2) is 0 Å². The maximum Gasteiger partial charge on any atom is 0.410 e. The molecule has 1 saturated heterocycles. The smallest absolute Gasteiger partial charge is 0.410 e. The van der Waals surface area contributed by atoms with E-state index in [0.29, 0.717) is 13.1 Å². The van der Waals surface area contributed by atoms with Gasteiger partial charge < -0.3 is 19.6 Å². The molecule has 1 amide bonds. The number of carbonyl (C=O) groups is 2. The van der Waals surface area contributed by atoms with Gasteiger partial charge in [0.2, 0.25) is 6.10 Å². The number of aliphatic carboxylic acids is 1. The van der Waals surface area contributed by atoms with Crippen LogP contribution in [0, 0.1) is 0 Å². The highest BCUT2D eigenvalue weighted by Crippen LogP contribution is 2.10. The first-order valence-electron chi connectivity index (χ1n) is 6.97. The van der Waals surface area contributed by atoms with Crippen molar-refractivity contribution >= 4 is 12.1 Å². The summed E-state index contributed by atoms with van der Waals surface area (Å²) in [6, 6.07) is 9.15. The van der Waals surface area contributed by atoms with Crippen molar-refractivity contribution in [1.82, 2.24) is 9.80 Å². The largest absolute Gasteiger partial charge is 0.478 e. The summed E-state index contributed by atoms with van der Waals surface area (Å²) in [4.78, 5) is 27.0. The van der Waals surface area contributed by atoms with Crippen molar-refractivity contribution in [3.05, 3.63) is 35.9 Å². The Bertz CT molecular complexity index is 484. The molecule has 0 radical (unpaired) electrons. The van der Waals surface area contributed by atoms with E-state index in [9.17, 15) is 14.7 Å². The molecule has 1 aliphatic rings. The first-order valence-corrected chi connectivity index (χ1v) is 6.97. The molecular formula is C15H20N2O4. The number of nitrogens with zero attached hydrogens (tertiary/aromatic N) is 2. The first-order chi connectivity index (χ1) is 10.1. The molecule has 1 aromatic carbocycles. The van der Waals surface area contributed by atoms with E-state index in [2.05, 4.69) is 4.90 Å². The Hall–Kier alpha value is -2.08. The first kappa shape index (κ1) is 15.3. The molecule has 0 spiro atoms. The van der Waals surface area contributed by atoms with Crippen LogP contribution in [0.1, 0.15) is 5.56 Å². The van der Waals surface area contributed by atoms with Gasteiger partial charge in [-0.15, -0.1) is 0 Å². The molecule has 6 heteroatoms. The summed E-state index contributed by atoms with van der Waals surface area (Å²) in [5.74, 6) is -1.12. The summed E-state index contributed by atoms with van der Waals surface area (Å²) in [6.07, 6.45) is -1.53. The number of piperazine rings is 1. The van der Waals surface area contributed by atoms with E-state index in [1.807, 2.05) is 37.4 Å². The van der Waals surface area contributed by atoms with E-state index in [1.54, 1.807) is 4.90 Å². The topological polar surface area (TPSA) is 70.1 Å². The minimum absolute atomic E-state index is 0.176. The molecule has 1 N–H and O–H groups in total. The summed E-state index contributed by atoms with van der Waals surface area (Å²) in [5, 5.41) is 9.22. The lowest BCUT2D eigenvalue weighted by atomic mass is 10.1. The van der Waals surface area contributed by atoms with Gasteiger partial charge in [-0.2, -0.15) is 0 Å². The zero-order valence-electron chi connectivity index (χ0n) is 12.1. The van der Waals surface area contributed by atoms with Crippen molar-refractivity contribution in [2.24, 2.45) is 0 Å². The van der Waals surface area contributed by atoms with E-state index in [4.69, 9.17) is 4.74 Å². The molecule has 0 aliphatic carbocycles. The van der Waals surface area contributed by atoms with Crippen LogP contribution < -0.4 is 0 Å². The molecule has 6 nitrogen and oxygen atoms in total. The Balaban J connectivity index is 1.93. The van der Waals surface area contributed by atoms with Crippen LogP contribution in [0.5, 0.6) is 0 Å². The van der Waals surface area contributed by atoms with Crippen molar-refractivity contribution < 1.29 is 19.4 Å². The SMILES string of the molecule is CN1CCN(C(=O)O[C@@H](Cc2ccccc2)C(=O)O)CC1. The number of ether oxygens (including phenoxy) is 1. The van der Waals surface area contributed by atoms with Crippen LogP contribution in [-0.4, -0.2) is 66.3 Å². The molecule has 0 saturated carbocycles. The third kappa shape index (κ3) is 4.46. The summed E-state index contributed by atoms with van der Waals surface area (Å²) in [6.45, 7) is 2.66. The number of hydrogen-bond acceptors (Lipinski definition) is 4. The Kier molecular flexibility index (Phi) is 5.16. The van der Waals surface area contributed by atoms with Gasteiger partial charge in [0.25, 0.3) is 0 Å².